The van der Waals surface area contributed by atoms with Crippen molar-refractivity contribution in [3.05, 3.63) is 143 Å². The van der Waals surface area contributed by atoms with E-state index in [1.807, 2.05) is 0 Å². The highest BCUT2D eigenvalue weighted by Crippen LogP contribution is 2.61. The first-order chi connectivity index (χ1) is 12.9. The smallest absolute Gasteiger partial charge is 0.0563 e. The van der Waals surface area contributed by atoms with Crippen LogP contribution in [-0.2, 0) is 5.41 Å². The minimum absolute atomic E-state index is 0.138. The van der Waals surface area contributed by atoms with Gasteiger partial charge in [-0.25, -0.2) is 0 Å². The van der Waals surface area contributed by atoms with Crippen molar-refractivity contribution in [1.82, 2.24) is 0 Å². The molecule has 0 saturated carbocycles. The van der Waals surface area contributed by atoms with E-state index in [1.54, 1.807) is 0 Å². The van der Waals surface area contributed by atoms with E-state index in [1.165, 1.54) is 27.8 Å². The summed E-state index contributed by atoms with van der Waals surface area (Å²) in [5.74, 6) is 0.324. The Hall–Kier alpha value is -3.12. The normalized spacial score (nSPS) is 17.2. The fourth-order valence-corrected chi connectivity index (χ4v) is 4.71. The summed E-state index contributed by atoms with van der Waals surface area (Å²) < 4.78 is 0. The zero-order valence-corrected chi connectivity index (χ0v) is 14.5. The second-order valence-electron chi connectivity index (χ2n) is 6.97. The molecular weight excluding hydrogens is 312 g/mol. The summed E-state index contributed by atoms with van der Waals surface area (Å²) in [6, 6.07) is 41.8. The fraction of sp³-hybridized carbons (Fsp3) is 0.0769. The van der Waals surface area contributed by atoms with Gasteiger partial charge in [0.25, 0.3) is 0 Å². The van der Waals surface area contributed by atoms with Crippen LogP contribution in [0, 0.1) is 0 Å². The third kappa shape index (κ3) is 2.02. The van der Waals surface area contributed by atoms with Crippen LogP contribution in [0.25, 0.3) is 0 Å². The van der Waals surface area contributed by atoms with Gasteiger partial charge in [0.2, 0.25) is 0 Å². The molecule has 0 bridgehead atoms. The molecule has 0 nitrogen and oxygen atoms in total. The molecule has 0 heterocycles. The van der Waals surface area contributed by atoms with E-state index < -0.39 is 0 Å². The maximum Gasteiger partial charge on any atom is 0.0563 e. The number of fused-ring (bicyclic) bond motifs is 1. The zero-order valence-electron chi connectivity index (χ0n) is 14.5. The number of rotatable bonds is 3. The third-order valence-corrected chi connectivity index (χ3v) is 5.72. The summed E-state index contributed by atoms with van der Waals surface area (Å²) in [5.41, 5.74) is 6.81. The first kappa shape index (κ1) is 15.2. The highest BCUT2D eigenvalue weighted by molar-refractivity contribution is 5.68. The molecule has 0 aromatic heterocycles. The van der Waals surface area contributed by atoms with Crippen LogP contribution in [-0.4, -0.2) is 0 Å². The van der Waals surface area contributed by atoms with Gasteiger partial charge in [0.05, 0.1) is 5.41 Å². The van der Waals surface area contributed by atoms with E-state index >= 15 is 0 Å². The van der Waals surface area contributed by atoms with E-state index in [0.29, 0.717) is 5.92 Å². The van der Waals surface area contributed by atoms with Crippen LogP contribution < -0.4 is 0 Å². The Kier molecular flexibility index (Phi) is 3.50. The molecule has 0 aliphatic heterocycles. The Balaban J connectivity index is 1.86. The van der Waals surface area contributed by atoms with Gasteiger partial charge in [0.15, 0.2) is 0 Å². The average Bonchev–Trinajstić information content (AvgIpc) is 2.72. The largest absolute Gasteiger partial charge is 0.0622 e. The molecule has 124 valence electrons. The molecule has 0 saturated heterocycles. The molecule has 0 N–H and O–H groups in total. The van der Waals surface area contributed by atoms with Crippen molar-refractivity contribution in [2.75, 3.05) is 0 Å². The van der Waals surface area contributed by atoms with Crippen LogP contribution in [0.15, 0.2) is 115 Å². The number of hydrogen-bond donors (Lipinski definition) is 0. The van der Waals surface area contributed by atoms with Gasteiger partial charge < -0.3 is 0 Å². The van der Waals surface area contributed by atoms with Gasteiger partial charge in [-0.1, -0.05) is 115 Å². The minimum Gasteiger partial charge on any atom is -0.0622 e. The van der Waals surface area contributed by atoms with Crippen LogP contribution in [0.4, 0.5) is 0 Å². The van der Waals surface area contributed by atoms with Gasteiger partial charge in [0.1, 0.15) is 0 Å². The Morgan fingerprint density at radius 3 is 1.50 bits per heavy atom. The van der Waals surface area contributed by atoms with Crippen LogP contribution in [0.1, 0.15) is 33.7 Å². The van der Waals surface area contributed by atoms with Crippen LogP contribution >= 0.6 is 0 Å². The van der Waals surface area contributed by atoms with Crippen molar-refractivity contribution in [2.24, 2.45) is 0 Å². The average molecular weight is 332 g/mol. The SMILES string of the molecule is c1ccc(C2c3ccccc3C2(c2ccccc2)c2ccccc2)cc1. The van der Waals surface area contributed by atoms with E-state index in [-0.39, 0.29) is 5.41 Å². The van der Waals surface area contributed by atoms with Crippen molar-refractivity contribution in [3.63, 3.8) is 0 Å². The lowest BCUT2D eigenvalue weighted by molar-refractivity contribution is 0.464. The van der Waals surface area contributed by atoms with Crippen molar-refractivity contribution < 1.29 is 0 Å². The summed E-state index contributed by atoms with van der Waals surface area (Å²) in [5, 5.41) is 0. The highest BCUT2D eigenvalue weighted by atomic mass is 14.5. The van der Waals surface area contributed by atoms with Gasteiger partial charge in [0, 0.05) is 5.92 Å². The maximum absolute atomic E-state index is 2.30. The first-order valence-corrected chi connectivity index (χ1v) is 9.18. The standard InChI is InChI=1S/C26H20/c1-4-12-20(13-5-1)25-23-18-10-11-19-24(23)26(25,21-14-6-2-7-15-21)22-16-8-3-9-17-22/h1-19,25H. The Morgan fingerprint density at radius 1 is 0.462 bits per heavy atom. The van der Waals surface area contributed by atoms with Gasteiger partial charge in [-0.05, 0) is 27.8 Å². The predicted octanol–water partition coefficient (Wildman–Crippen LogP) is 6.17. The molecule has 26 heavy (non-hydrogen) atoms. The van der Waals surface area contributed by atoms with Crippen LogP contribution in [0.5, 0.6) is 0 Å². The van der Waals surface area contributed by atoms with Crippen LogP contribution in [0.3, 0.4) is 0 Å². The minimum atomic E-state index is -0.138. The summed E-state index contributed by atoms with van der Waals surface area (Å²) in [6.45, 7) is 0. The van der Waals surface area contributed by atoms with Crippen LogP contribution in [0.2, 0.25) is 0 Å². The molecule has 1 aliphatic carbocycles. The first-order valence-electron chi connectivity index (χ1n) is 9.18. The Bertz CT molecular complexity index is 978. The van der Waals surface area contributed by atoms with E-state index in [9.17, 15) is 0 Å². The van der Waals surface area contributed by atoms with Crippen molar-refractivity contribution in [3.8, 4) is 0 Å². The van der Waals surface area contributed by atoms with Crippen molar-refractivity contribution >= 4 is 0 Å². The number of hydrogen-bond acceptors (Lipinski definition) is 0. The lowest BCUT2D eigenvalue weighted by atomic mass is 9.49. The van der Waals surface area contributed by atoms with E-state index in [4.69, 9.17) is 0 Å². The van der Waals surface area contributed by atoms with E-state index in [0.717, 1.165) is 0 Å². The molecule has 0 fully saturated rings. The fourth-order valence-electron chi connectivity index (χ4n) is 4.71. The summed E-state index contributed by atoms with van der Waals surface area (Å²) in [7, 11) is 0. The van der Waals surface area contributed by atoms with Crippen molar-refractivity contribution in [2.45, 2.75) is 11.3 Å². The Labute approximate surface area is 154 Å². The second kappa shape index (κ2) is 6.00. The summed E-state index contributed by atoms with van der Waals surface area (Å²) in [4.78, 5) is 0. The molecular formula is C26H20. The zero-order chi connectivity index (χ0) is 17.4. The summed E-state index contributed by atoms with van der Waals surface area (Å²) >= 11 is 0. The van der Waals surface area contributed by atoms with Gasteiger partial charge >= 0.3 is 0 Å². The van der Waals surface area contributed by atoms with Gasteiger partial charge in [-0.3, -0.25) is 0 Å². The third-order valence-electron chi connectivity index (χ3n) is 5.72. The molecule has 0 spiro atoms. The molecule has 1 aliphatic rings. The number of benzene rings is 4. The van der Waals surface area contributed by atoms with E-state index in [2.05, 4.69) is 115 Å². The molecule has 4 aromatic rings. The monoisotopic (exact) mass is 332 g/mol. The highest BCUT2D eigenvalue weighted by Gasteiger charge is 2.54. The topological polar surface area (TPSA) is 0 Å². The lowest BCUT2D eigenvalue weighted by Crippen LogP contribution is -2.46. The molecule has 0 heteroatoms. The maximum atomic E-state index is 2.30. The second-order valence-corrected chi connectivity index (χ2v) is 6.97. The summed E-state index contributed by atoms with van der Waals surface area (Å²) in [6.07, 6.45) is 0. The molecule has 1 unspecified atom stereocenters. The molecule has 4 aromatic carbocycles. The molecule has 0 amide bonds. The lowest BCUT2D eigenvalue weighted by Gasteiger charge is -2.52. The van der Waals surface area contributed by atoms with Gasteiger partial charge in [-0.2, -0.15) is 0 Å². The quantitative estimate of drug-likeness (QED) is 0.421. The van der Waals surface area contributed by atoms with Gasteiger partial charge in [-0.15, -0.1) is 0 Å². The molecule has 1 atom stereocenters. The molecule has 5 rings (SSSR count). The predicted molar refractivity (Wildman–Crippen MR) is 107 cm³/mol. The van der Waals surface area contributed by atoms with Crippen molar-refractivity contribution in [1.29, 1.82) is 0 Å². The molecule has 0 radical (unpaired) electrons. The Morgan fingerprint density at radius 2 is 0.923 bits per heavy atom.